The Kier molecular flexibility index (Phi) is 6.42. The van der Waals surface area contributed by atoms with E-state index in [1.807, 2.05) is 62.6 Å². The molecule has 0 spiro atoms. The summed E-state index contributed by atoms with van der Waals surface area (Å²) in [5.41, 5.74) is 0.710. The van der Waals surface area contributed by atoms with Crippen molar-refractivity contribution in [2.75, 3.05) is 0 Å². The van der Waals surface area contributed by atoms with Crippen LogP contribution in [0.3, 0.4) is 0 Å². The van der Waals surface area contributed by atoms with E-state index in [1.54, 1.807) is 13.3 Å². The lowest BCUT2D eigenvalue weighted by Crippen LogP contribution is -2.49. The number of aromatic nitrogens is 3. The standard InChI is InChI=1S/C18H25N5O2S/c1-12(14-9-7-6-8-10-14)23-11-19-22-17(23)26-13(2)15(24)20-16(25)21-18(3,4)5/h6-13H,1-5H3,(H2,20,21,24,25). The lowest BCUT2D eigenvalue weighted by atomic mass is 10.1. The highest BCUT2D eigenvalue weighted by atomic mass is 32.2. The van der Waals surface area contributed by atoms with Gasteiger partial charge in [-0.25, -0.2) is 4.79 Å². The first-order valence-corrected chi connectivity index (χ1v) is 9.29. The van der Waals surface area contributed by atoms with E-state index in [1.165, 1.54) is 11.8 Å². The van der Waals surface area contributed by atoms with Gasteiger partial charge in [-0.15, -0.1) is 10.2 Å². The molecule has 1 heterocycles. The molecule has 2 atom stereocenters. The summed E-state index contributed by atoms with van der Waals surface area (Å²) in [4.78, 5) is 24.1. The summed E-state index contributed by atoms with van der Waals surface area (Å²) in [5, 5.41) is 13.3. The Morgan fingerprint density at radius 1 is 1.15 bits per heavy atom. The van der Waals surface area contributed by atoms with Crippen LogP contribution >= 0.6 is 11.8 Å². The summed E-state index contributed by atoms with van der Waals surface area (Å²) in [6.07, 6.45) is 1.65. The van der Waals surface area contributed by atoms with Crippen LogP contribution in [0.25, 0.3) is 0 Å². The fourth-order valence-electron chi connectivity index (χ4n) is 2.27. The van der Waals surface area contributed by atoms with Gasteiger partial charge in [0.15, 0.2) is 5.16 Å². The topological polar surface area (TPSA) is 88.9 Å². The summed E-state index contributed by atoms with van der Waals surface area (Å²) in [7, 11) is 0. The quantitative estimate of drug-likeness (QED) is 0.784. The Balaban J connectivity index is 2.02. The number of carbonyl (C=O) groups is 2. The van der Waals surface area contributed by atoms with Crippen LogP contribution in [0.5, 0.6) is 0 Å². The Morgan fingerprint density at radius 3 is 2.42 bits per heavy atom. The highest BCUT2D eigenvalue weighted by Gasteiger charge is 2.23. The predicted molar refractivity (Wildman–Crippen MR) is 102 cm³/mol. The monoisotopic (exact) mass is 375 g/mol. The van der Waals surface area contributed by atoms with Crippen molar-refractivity contribution >= 4 is 23.7 Å². The number of hydrogen-bond donors (Lipinski definition) is 2. The van der Waals surface area contributed by atoms with Gasteiger partial charge in [-0.1, -0.05) is 42.1 Å². The highest BCUT2D eigenvalue weighted by molar-refractivity contribution is 8.00. The van der Waals surface area contributed by atoms with E-state index < -0.39 is 16.8 Å². The van der Waals surface area contributed by atoms with Gasteiger partial charge in [-0.05, 0) is 40.2 Å². The number of rotatable bonds is 5. The SMILES string of the molecule is CC(Sc1nncn1C(C)c1ccccc1)C(=O)NC(=O)NC(C)(C)C. The maximum atomic E-state index is 12.3. The molecule has 2 rings (SSSR count). The van der Waals surface area contributed by atoms with Crippen LogP contribution in [0.4, 0.5) is 4.79 Å². The molecule has 0 saturated heterocycles. The van der Waals surface area contributed by atoms with Crippen LogP contribution in [-0.2, 0) is 4.79 Å². The Labute approximate surface area is 158 Å². The van der Waals surface area contributed by atoms with Gasteiger partial charge in [0, 0.05) is 5.54 Å². The molecule has 0 aliphatic heterocycles. The Morgan fingerprint density at radius 2 is 1.81 bits per heavy atom. The summed E-state index contributed by atoms with van der Waals surface area (Å²) in [6.45, 7) is 9.33. The number of urea groups is 1. The highest BCUT2D eigenvalue weighted by Crippen LogP contribution is 2.26. The molecule has 2 unspecified atom stereocenters. The molecule has 0 fully saturated rings. The number of carbonyl (C=O) groups excluding carboxylic acids is 2. The van der Waals surface area contributed by atoms with E-state index in [4.69, 9.17) is 0 Å². The van der Waals surface area contributed by atoms with Crippen molar-refractivity contribution in [3.63, 3.8) is 0 Å². The number of imide groups is 1. The largest absolute Gasteiger partial charge is 0.333 e. The third-order valence-electron chi connectivity index (χ3n) is 3.62. The molecular weight excluding hydrogens is 350 g/mol. The second-order valence-electron chi connectivity index (χ2n) is 7.06. The zero-order valence-corrected chi connectivity index (χ0v) is 16.5. The molecule has 7 nitrogen and oxygen atoms in total. The summed E-state index contributed by atoms with van der Waals surface area (Å²) >= 11 is 1.27. The summed E-state index contributed by atoms with van der Waals surface area (Å²) in [6, 6.07) is 9.52. The molecule has 0 aliphatic carbocycles. The lowest BCUT2D eigenvalue weighted by Gasteiger charge is -2.21. The summed E-state index contributed by atoms with van der Waals surface area (Å²) in [5.74, 6) is -0.376. The number of thioether (sulfide) groups is 1. The molecule has 0 radical (unpaired) electrons. The second-order valence-corrected chi connectivity index (χ2v) is 8.37. The number of amides is 3. The lowest BCUT2D eigenvalue weighted by molar-refractivity contribution is -0.119. The smallest absolute Gasteiger partial charge is 0.321 e. The van der Waals surface area contributed by atoms with Crippen molar-refractivity contribution in [2.24, 2.45) is 0 Å². The zero-order chi connectivity index (χ0) is 19.3. The second kappa shape index (κ2) is 8.35. The predicted octanol–water partition coefficient (Wildman–Crippen LogP) is 2.99. The molecular formula is C18H25N5O2S. The van der Waals surface area contributed by atoms with E-state index in [2.05, 4.69) is 20.8 Å². The minimum absolute atomic E-state index is 0.0353. The van der Waals surface area contributed by atoms with E-state index in [0.717, 1.165) is 5.56 Å². The molecule has 2 N–H and O–H groups in total. The van der Waals surface area contributed by atoms with Gasteiger partial charge in [0.05, 0.1) is 11.3 Å². The maximum absolute atomic E-state index is 12.3. The average molecular weight is 375 g/mol. The third kappa shape index (κ3) is 5.59. The van der Waals surface area contributed by atoms with Crippen molar-refractivity contribution in [3.8, 4) is 0 Å². The molecule has 26 heavy (non-hydrogen) atoms. The first-order valence-electron chi connectivity index (χ1n) is 8.41. The van der Waals surface area contributed by atoms with Crippen molar-refractivity contribution in [3.05, 3.63) is 42.2 Å². The van der Waals surface area contributed by atoms with E-state index >= 15 is 0 Å². The van der Waals surface area contributed by atoms with Crippen LogP contribution in [0.1, 0.15) is 46.2 Å². The molecule has 1 aromatic heterocycles. The van der Waals surface area contributed by atoms with Crippen LogP contribution in [0, 0.1) is 0 Å². The van der Waals surface area contributed by atoms with Crippen LogP contribution in [0.2, 0.25) is 0 Å². The van der Waals surface area contributed by atoms with Crippen molar-refractivity contribution in [1.82, 2.24) is 25.4 Å². The van der Waals surface area contributed by atoms with Gasteiger partial charge in [0.25, 0.3) is 0 Å². The van der Waals surface area contributed by atoms with E-state index in [0.29, 0.717) is 5.16 Å². The van der Waals surface area contributed by atoms with Gasteiger partial charge in [-0.3, -0.25) is 10.1 Å². The normalized spacial score (nSPS) is 13.7. The van der Waals surface area contributed by atoms with Gasteiger partial charge < -0.3 is 9.88 Å². The van der Waals surface area contributed by atoms with Crippen molar-refractivity contribution < 1.29 is 9.59 Å². The van der Waals surface area contributed by atoms with Crippen LogP contribution in [0.15, 0.2) is 41.8 Å². The Hall–Kier alpha value is -2.35. The number of benzene rings is 1. The number of nitrogens with one attached hydrogen (secondary N) is 2. The van der Waals surface area contributed by atoms with Crippen molar-refractivity contribution in [1.29, 1.82) is 0 Å². The first-order chi connectivity index (χ1) is 12.2. The van der Waals surface area contributed by atoms with Crippen LogP contribution < -0.4 is 10.6 Å². The maximum Gasteiger partial charge on any atom is 0.321 e. The van der Waals surface area contributed by atoms with Crippen LogP contribution in [-0.4, -0.2) is 37.5 Å². The minimum Gasteiger partial charge on any atom is -0.333 e. The fourth-order valence-corrected chi connectivity index (χ4v) is 3.17. The molecule has 0 aliphatic rings. The van der Waals surface area contributed by atoms with E-state index in [-0.39, 0.29) is 11.9 Å². The molecule has 0 saturated carbocycles. The molecule has 8 heteroatoms. The van der Waals surface area contributed by atoms with Gasteiger partial charge in [0.2, 0.25) is 5.91 Å². The van der Waals surface area contributed by atoms with Gasteiger partial charge >= 0.3 is 6.03 Å². The van der Waals surface area contributed by atoms with E-state index in [9.17, 15) is 9.59 Å². The Bertz CT molecular complexity index is 754. The average Bonchev–Trinajstić information content (AvgIpc) is 3.01. The molecule has 3 amide bonds. The number of hydrogen-bond acceptors (Lipinski definition) is 5. The third-order valence-corrected chi connectivity index (χ3v) is 4.69. The molecule has 0 bridgehead atoms. The zero-order valence-electron chi connectivity index (χ0n) is 15.7. The van der Waals surface area contributed by atoms with Gasteiger partial charge in [0.1, 0.15) is 6.33 Å². The molecule has 140 valence electrons. The van der Waals surface area contributed by atoms with Crippen molar-refractivity contribution in [2.45, 2.75) is 56.6 Å². The van der Waals surface area contributed by atoms with Gasteiger partial charge in [-0.2, -0.15) is 0 Å². The minimum atomic E-state index is -0.505. The number of nitrogens with zero attached hydrogens (tertiary/aromatic N) is 3. The fraction of sp³-hybridized carbons (Fsp3) is 0.444. The molecule has 1 aromatic carbocycles. The summed E-state index contributed by atoms with van der Waals surface area (Å²) < 4.78 is 1.92. The molecule has 2 aromatic rings. The first kappa shape index (κ1) is 20.0.